The van der Waals surface area contributed by atoms with Crippen LogP contribution in [0.4, 0.5) is 0 Å². The highest BCUT2D eigenvalue weighted by Crippen LogP contribution is 2.27. The van der Waals surface area contributed by atoms with Gasteiger partial charge in [0.25, 0.3) is 0 Å². The van der Waals surface area contributed by atoms with Gasteiger partial charge in [-0.1, -0.05) is 12.1 Å². The predicted molar refractivity (Wildman–Crippen MR) is 83.4 cm³/mol. The van der Waals surface area contributed by atoms with E-state index in [-0.39, 0.29) is 5.75 Å². The van der Waals surface area contributed by atoms with Gasteiger partial charge in [-0.2, -0.15) is 16.4 Å². The van der Waals surface area contributed by atoms with Gasteiger partial charge in [-0.25, -0.2) is 9.50 Å². The van der Waals surface area contributed by atoms with Gasteiger partial charge in [-0.05, 0) is 40.1 Å². The molecule has 4 rings (SSSR count). The fraction of sp³-hybridized carbons (Fsp3) is 0. The molecule has 21 heavy (non-hydrogen) atoms. The zero-order valence-electron chi connectivity index (χ0n) is 11.0. The summed E-state index contributed by atoms with van der Waals surface area (Å²) in [7, 11) is 0. The van der Waals surface area contributed by atoms with Crippen molar-refractivity contribution in [1.82, 2.24) is 14.6 Å². The number of benzene rings is 1. The van der Waals surface area contributed by atoms with Crippen LogP contribution < -0.4 is 0 Å². The maximum Gasteiger partial charge on any atom is 0.162 e. The first-order chi connectivity index (χ1) is 10.3. The van der Waals surface area contributed by atoms with Gasteiger partial charge < -0.3 is 5.11 Å². The van der Waals surface area contributed by atoms with Crippen LogP contribution in [0.1, 0.15) is 0 Å². The van der Waals surface area contributed by atoms with Crippen molar-refractivity contribution in [2.45, 2.75) is 0 Å². The molecular formula is C16H11N3OS. The quantitative estimate of drug-likeness (QED) is 0.611. The summed E-state index contributed by atoms with van der Waals surface area (Å²) in [6.45, 7) is 0. The summed E-state index contributed by atoms with van der Waals surface area (Å²) in [6.07, 6.45) is 5.62. The van der Waals surface area contributed by atoms with Gasteiger partial charge in [0, 0.05) is 23.5 Å². The van der Waals surface area contributed by atoms with E-state index in [1.165, 1.54) is 0 Å². The second-order valence-corrected chi connectivity index (χ2v) is 5.51. The molecule has 3 heterocycles. The molecule has 0 aliphatic carbocycles. The Morgan fingerprint density at radius 2 is 1.81 bits per heavy atom. The van der Waals surface area contributed by atoms with Crippen LogP contribution in [0.15, 0.2) is 59.7 Å². The summed E-state index contributed by atoms with van der Waals surface area (Å²) < 4.78 is 1.79. The number of rotatable bonds is 2. The average Bonchev–Trinajstić information content (AvgIpc) is 3.16. The minimum atomic E-state index is 0.256. The molecule has 1 N–H and O–H groups in total. The lowest BCUT2D eigenvalue weighted by molar-refractivity contribution is 0.475. The van der Waals surface area contributed by atoms with E-state index in [9.17, 15) is 5.11 Å². The molecule has 0 saturated heterocycles. The van der Waals surface area contributed by atoms with Crippen LogP contribution in [0, 0.1) is 0 Å². The highest BCUT2D eigenvalue weighted by Gasteiger charge is 2.09. The number of fused-ring (bicyclic) bond motifs is 1. The molecule has 0 atom stereocenters. The highest BCUT2D eigenvalue weighted by atomic mass is 32.1. The molecule has 0 aliphatic rings. The van der Waals surface area contributed by atoms with Crippen LogP contribution in [-0.4, -0.2) is 19.7 Å². The van der Waals surface area contributed by atoms with Crippen LogP contribution in [-0.2, 0) is 0 Å². The lowest BCUT2D eigenvalue weighted by atomic mass is 10.1. The van der Waals surface area contributed by atoms with Crippen LogP contribution >= 0.6 is 11.3 Å². The number of thiophene rings is 1. The first-order valence-corrected chi connectivity index (χ1v) is 7.41. The first kappa shape index (κ1) is 12.1. The van der Waals surface area contributed by atoms with Gasteiger partial charge in [-0.15, -0.1) is 0 Å². The molecule has 102 valence electrons. The number of aromatic nitrogens is 3. The summed E-state index contributed by atoms with van der Waals surface area (Å²) in [6, 6.07) is 9.12. The molecule has 0 radical (unpaired) electrons. The summed E-state index contributed by atoms with van der Waals surface area (Å²) >= 11 is 1.66. The molecule has 4 nitrogen and oxygen atoms in total. The monoisotopic (exact) mass is 293 g/mol. The lowest BCUT2D eigenvalue weighted by Gasteiger charge is -2.03. The average molecular weight is 293 g/mol. The fourth-order valence-electron chi connectivity index (χ4n) is 2.30. The van der Waals surface area contributed by atoms with Gasteiger partial charge >= 0.3 is 0 Å². The van der Waals surface area contributed by atoms with Crippen molar-refractivity contribution in [2.24, 2.45) is 0 Å². The molecule has 0 unspecified atom stereocenters. The summed E-state index contributed by atoms with van der Waals surface area (Å²) in [5, 5.41) is 17.9. The smallest absolute Gasteiger partial charge is 0.162 e. The van der Waals surface area contributed by atoms with E-state index in [0.717, 1.165) is 27.9 Å². The van der Waals surface area contributed by atoms with Gasteiger partial charge in [0.05, 0.1) is 6.20 Å². The fourth-order valence-corrected chi connectivity index (χ4v) is 2.95. The molecule has 3 aromatic heterocycles. The topological polar surface area (TPSA) is 50.4 Å². The lowest BCUT2D eigenvalue weighted by Crippen LogP contribution is -1.91. The number of hydrogen-bond donors (Lipinski definition) is 1. The minimum absolute atomic E-state index is 0.256. The highest BCUT2D eigenvalue weighted by molar-refractivity contribution is 7.08. The molecular weight excluding hydrogens is 282 g/mol. The Bertz CT molecular complexity index is 895. The zero-order valence-corrected chi connectivity index (χ0v) is 11.8. The standard InChI is InChI=1S/C16H11N3OS/c20-14-3-1-11(2-4-14)13-7-17-16-15(8-18-19(16)9-13)12-5-6-21-10-12/h1-10,20H. The predicted octanol–water partition coefficient (Wildman–Crippen LogP) is 3.83. The maximum absolute atomic E-state index is 9.35. The van der Waals surface area contributed by atoms with Crippen molar-refractivity contribution in [3.05, 3.63) is 59.7 Å². The van der Waals surface area contributed by atoms with Crippen LogP contribution in [0.2, 0.25) is 0 Å². The van der Waals surface area contributed by atoms with Crippen LogP contribution in [0.3, 0.4) is 0 Å². The Labute approximate surface area is 125 Å². The van der Waals surface area contributed by atoms with Crippen molar-refractivity contribution in [2.75, 3.05) is 0 Å². The Hall–Kier alpha value is -2.66. The Balaban J connectivity index is 1.83. The van der Waals surface area contributed by atoms with Crippen molar-refractivity contribution in [3.8, 4) is 28.0 Å². The van der Waals surface area contributed by atoms with Crippen molar-refractivity contribution >= 4 is 17.0 Å². The van der Waals surface area contributed by atoms with Crippen molar-refractivity contribution < 1.29 is 5.11 Å². The molecule has 0 amide bonds. The van der Waals surface area contributed by atoms with Crippen molar-refractivity contribution in [3.63, 3.8) is 0 Å². The summed E-state index contributed by atoms with van der Waals surface area (Å²) in [5.74, 6) is 0.256. The molecule has 1 aromatic carbocycles. The van der Waals surface area contributed by atoms with Crippen LogP contribution in [0.25, 0.3) is 27.9 Å². The summed E-state index contributed by atoms with van der Waals surface area (Å²) in [5.41, 5.74) is 4.97. The molecule has 0 spiro atoms. The Morgan fingerprint density at radius 1 is 0.952 bits per heavy atom. The molecule has 5 heteroatoms. The number of nitrogens with zero attached hydrogens (tertiary/aromatic N) is 3. The van der Waals surface area contributed by atoms with E-state index >= 15 is 0 Å². The SMILES string of the molecule is Oc1ccc(-c2cnc3c(-c4ccsc4)cnn3c2)cc1. The third kappa shape index (κ3) is 2.08. The van der Waals surface area contributed by atoms with E-state index < -0.39 is 0 Å². The van der Waals surface area contributed by atoms with Gasteiger partial charge in [-0.3, -0.25) is 0 Å². The summed E-state index contributed by atoms with van der Waals surface area (Å²) in [4.78, 5) is 4.54. The number of phenolic OH excluding ortho intramolecular Hbond substituents is 1. The largest absolute Gasteiger partial charge is 0.508 e. The molecule has 0 aliphatic heterocycles. The molecule has 4 aromatic rings. The van der Waals surface area contributed by atoms with Crippen molar-refractivity contribution in [1.29, 1.82) is 0 Å². The molecule has 0 bridgehead atoms. The Morgan fingerprint density at radius 3 is 2.57 bits per heavy atom. The third-order valence-electron chi connectivity index (χ3n) is 3.39. The third-order valence-corrected chi connectivity index (χ3v) is 4.07. The second kappa shape index (κ2) is 4.71. The van der Waals surface area contributed by atoms with Gasteiger partial charge in [0.2, 0.25) is 0 Å². The van der Waals surface area contributed by atoms with Gasteiger partial charge in [0.1, 0.15) is 5.75 Å². The number of hydrogen-bond acceptors (Lipinski definition) is 4. The molecule has 0 fully saturated rings. The Kier molecular flexibility index (Phi) is 2.72. The van der Waals surface area contributed by atoms with Gasteiger partial charge in [0.15, 0.2) is 5.65 Å². The van der Waals surface area contributed by atoms with E-state index in [0.29, 0.717) is 0 Å². The zero-order chi connectivity index (χ0) is 14.2. The van der Waals surface area contributed by atoms with E-state index in [2.05, 4.69) is 21.5 Å². The maximum atomic E-state index is 9.35. The van der Waals surface area contributed by atoms with E-state index in [4.69, 9.17) is 0 Å². The first-order valence-electron chi connectivity index (χ1n) is 6.46. The molecule has 0 saturated carbocycles. The van der Waals surface area contributed by atoms with E-state index in [1.807, 2.05) is 36.1 Å². The van der Waals surface area contributed by atoms with E-state index in [1.54, 1.807) is 28.0 Å². The number of phenols is 1. The van der Waals surface area contributed by atoms with Crippen LogP contribution in [0.5, 0.6) is 5.75 Å². The number of aromatic hydroxyl groups is 1. The minimum Gasteiger partial charge on any atom is -0.508 e. The normalized spacial score (nSPS) is 11.0. The second-order valence-electron chi connectivity index (χ2n) is 4.73.